The van der Waals surface area contributed by atoms with Crippen molar-refractivity contribution in [3.8, 4) is 11.6 Å². The normalized spacial score (nSPS) is 13.5. The maximum absolute atomic E-state index is 13.2. The molecule has 3 aromatic heterocycles. The molecule has 0 aliphatic carbocycles. The molecule has 1 aliphatic heterocycles. The molecule has 10 heteroatoms. The number of amides is 1. The maximum Gasteiger partial charge on any atom is 0.274 e. The van der Waals surface area contributed by atoms with E-state index >= 15 is 0 Å². The molecule has 1 amide bonds. The quantitative estimate of drug-likeness (QED) is 0.430. The van der Waals surface area contributed by atoms with Gasteiger partial charge in [-0.3, -0.25) is 14.7 Å². The molecule has 0 saturated heterocycles. The van der Waals surface area contributed by atoms with Crippen molar-refractivity contribution in [2.24, 2.45) is 0 Å². The van der Waals surface area contributed by atoms with Crippen LogP contribution < -0.4 is 14.9 Å². The fraction of sp³-hybridized carbons (Fsp3) is 0.500. The topological polar surface area (TPSA) is 112 Å². The third-order valence-corrected chi connectivity index (χ3v) is 5.80. The van der Waals surface area contributed by atoms with E-state index in [-0.39, 0.29) is 36.3 Å². The molecule has 0 aromatic carbocycles. The van der Waals surface area contributed by atoms with Gasteiger partial charge in [-0.05, 0) is 26.3 Å². The highest BCUT2D eigenvalue weighted by Gasteiger charge is 2.32. The second kappa shape index (κ2) is 10.7. The lowest BCUT2D eigenvalue weighted by Crippen LogP contribution is -2.46. The lowest BCUT2D eigenvalue weighted by molar-refractivity contribution is 0.0612. The minimum absolute atomic E-state index is 0.0326. The lowest BCUT2D eigenvalue weighted by Gasteiger charge is -2.34. The monoisotopic (exact) mass is 469 g/mol. The zero-order chi connectivity index (χ0) is 24.1. The number of nitrogens with zero attached hydrogens (tertiary/aromatic N) is 4. The van der Waals surface area contributed by atoms with Crippen molar-refractivity contribution in [1.29, 1.82) is 0 Å². The van der Waals surface area contributed by atoms with Crippen LogP contribution in [0.15, 0.2) is 29.3 Å². The molecule has 1 N–H and O–H groups in total. The van der Waals surface area contributed by atoms with Crippen molar-refractivity contribution in [1.82, 2.24) is 24.6 Å². The number of carbonyl (C=O) groups is 1. The number of hydrogen-bond donors (Lipinski definition) is 1. The van der Waals surface area contributed by atoms with Gasteiger partial charge in [0.15, 0.2) is 11.4 Å². The smallest absolute Gasteiger partial charge is 0.274 e. The summed E-state index contributed by atoms with van der Waals surface area (Å²) < 4.78 is 19.2. The number of aromatic amines is 1. The van der Waals surface area contributed by atoms with E-state index < -0.39 is 0 Å². The SMILES string of the molecule is CCCCOc1c2n(c(COCCOc3nccc4[nH]ncc34)cc1=O)CCN(C(C)C)C2=O. The van der Waals surface area contributed by atoms with Crippen LogP contribution in [-0.4, -0.2) is 63.0 Å². The Hall–Kier alpha value is -3.40. The van der Waals surface area contributed by atoms with E-state index in [1.54, 1.807) is 17.3 Å². The van der Waals surface area contributed by atoms with Crippen molar-refractivity contribution in [3.63, 3.8) is 0 Å². The van der Waals surface area contributed by atoms with Crippen molar-refractivity contribution in [3.05, 3.63) is 46.1 Å². The molecule has 34 heavy (non-hydrogen) atoms. The first kappa shape index (κ1) is 23.7. The van der Waals surface area contributed by atoms with Gasteiger partial charge in [0, 0.05) is 37.1 Å². The molecule has 0 saturated carbocycles. The number of carbonyl (C=O) groups excluding carboxylic acids is 1. The second-order valence-electron chi connectivity index (χ2n) is 8.47. The van der Waals surface area contributed by atoms with Crippen molar-refractivity contribution < 1.29 is 19.0 Å². The predicted molar refractivity (Wildman–Crippen MR) is 126 cm³/mol. The number of fused-ring (bicyclic) bond motifs is 2. The summed E-state index contributed by atoms with van der Waals surface area (Å²) >= 11 is 0. The fourth-order valence-corrected chi connectivity index (χ4v) is 3.99. The Labute approximate surface area is 197 Å². The van der Waals surface area contributed by atoms with E-state index in [0.717, 1.165) is 23.7 Å². The highest BCUT2D eigenvalue weighted by molar-refractivity contribution is 5.96. The molecule has 0 fully saturated rings. The van der Waals surface area contributed by atoms with Gasteiger partial charge in [0.2, 0.25) is 11.3 Å². The number of H-pyrrole nitrogens is 1. The molecular weight excluding hydrogens is 438 g/mol. The summed E-state index contributed by atoms with van der Waals surface area (Å²) in [7, 11) is 0. The zero-order valence-electron chi connectivity index (χ0n) is 19.9. The Morgan fingerprint density at radius 3 is 2.79 bits per heavy atom. The number of aromatic nitrogens is 4. The molecule has 3 aromatic rings. The third kappa shape index (κ3) is 4.91. The number of unbranched alkanes of at least 4 members (excludes halogenated alkanes) is 1. The van der Waals surface area contributed by atoms with Crippen LogP contribution in [0.1, 0.15) is 49.8 Å². The lowest BCUT2D eigenvalue weighted by atomic mass is 10.1. The molecule has 1 aliphatic rings. The van der Waals surface area contributed by atoms with Gasteiger partial charge in [0.1, 0.15) is 6.61 Å². The summed E-state index contributed by atoms with van der Waals surface area (Å²) in [5.41, 5.74) is 1.51. The van der Waals surface area contributed by atoms with Crippen LogP contribution in [0.4, 0.5) is 0 Å². The van der Waals surface area contributed by atoms with E-state index in [0.29, 0.717) is 43.6 Å². The second-order valence-corrected chi connectivity index (χ2v) is 8.47. The van der Waals surface area contributed by atoms with Crippen molar-refractivity contribution >= 4 is 16.8 Å². The average Bonchev–Trinajstić information content (AvgIpc) is 3.30. The molecule has 4 rings (SSSR count). The molecule has 10 nitrogen and oxygen atoms in total. The van der Waals surface area contributed by atoms with Gasteiger partial charge in [0.25, 0.3) is 5.91 Å². The van der Waals surface area contributed by atoms with Crippen LogP contribution >= 0.6 is 0 Å². The van der Waals surface area contributed by atoms with Crippen LogP contribution in [0.3, 0.4) is 0 Å². The molecule has 4 heterocycles. The molecule has 0 atom stereocenters. The first-order valence-electron chi connectivity index (χ1n) is 11.7. The highest BCUT2D eigenvalue weighted by Crippen LogP contribution is 2.24. The number of rotatable bonds is 11. The number of pyridine rings is 2. The third-order valence-electron chi connectivity index (χ3n) is 5.80. The molecule has 0 bridgehead atoms. The summed E-state index contributed by atoms with van der Waals surface area (Å²) in [6.45, 7) is 8.28. The number of nitrogens with one attached hydrogen (secondary N) is 1. The van der Waals surface area contributed by atoms with Crippen molar-refractivity contribution in [2.75, 3.05) is 26.4 Å². The summed E-state index contributed by atoms with van der Waals surface area (Å²) in [5, 5.41) is 7.68. The fourth-order valence-electron chi connectivity index (χ4n) is 3.99. The Morgan fingerprint density at radius 2 is 2.00 bits per heavy atom. The largest absolute Gasteiger partial charge is 0.487 e. The average molecular weight is 470 g/mol. The Kier molecular flexibility index (Phi) is 7.46. The molecule has 0 unspecified atom stereocenters. The minimum Gasteiger partial charge on any atom is -0.487 e. The molecule has 0 spiro atoms. The molecule has 0 radical (unpaired) electrons. The van der Waals surface area contributed by atoms with Crippen LogP contribution in [0.25, 0.3) is 10.9 Å². The van der Waals surface area contributed by atoms with Crippen LogP contribution in [0, 0.1) is 0 Å². The maximum atomic E-state index is 13.2. The first-order chi connectivity index (χ1) is 16.5. The van der Waals surface area contributed by atoms with Gasteiger partial charge in [-0.1, -0.05) is 13.3 Å². The van der Waals surface area contributed by atoms with E-state index in [2.05, 4.69) is 15.2 Å². The van der Waals surface area contributed by atoms with Gasteiger partial charge in [-0.15, -0.1) is 0 Å². The van der Waals surface area contributed by atoms with Crippen LogP contribution in [-0.2, 0) is 17.9 Å². The first-order valence-corrected chi connectivity index (χ1v) is 11.7. The van der Waals surface area contributed by atoms with Gasteiger partial charge in [-0.25, -0.2) is 4.98 Å². The summed E-state index contributed by atoms with van der Waals surface area (Å²) in [5.74, 6) is 0.431. The predicted octanol–water partition coefficient (Wildman–Crippen LogP) is 2.76. The Morgan fingerprint density at radius 1 is 1.15 bits per heavy atom. The molecular formula is C24H31N5O5. The van der Waals surface area contributed by atoms with E-state index in [4.69, 9.17) is 14.2 Å². The summed E-state index contributed by atoms with van der Waals surface area (Å²) in [6, 6.07) is 3.37. The van der Waals surface area contributed by atoms with Gasteiger partial charge >= 0.3 is 0 Å². The van der Waals surface area contributed by atoms with Crippen molar-refractivity contribution in [2.45, 2.75) is 52.8 Å². The Bertz CT molecular complexity index is 1200. The van der Waals surface area contributed by atoms with E-state index in [9.17, 15) is 9.59 Å². The van der Waals surface area contributed by atoms with E-state index in [1.807, 2.05) is 31.4 Å². The standard InChI is InChI=1S/C24H31N5O5/c1-4-5-10-33-22-20(30)13-17(29-9-8-28(16(2)3)24(31)21(22)29)15-32-11-12-34-23-18-14-26-27-19(18)6-7-25-23/h6-7,13-14,16H,4-5,8-12,15H2,1-3H3,(H,26,27). The van der Waals surface area contributed by atoms with Crippen LogP contribution in [0.5, 0.6) is 11.6 Å². The zero-order valence-corrected chi connectivity index (χ0v) is 19.9. The van der Waals surface area contributed by atoms with E-state index in [1.165, 1.54) is 6.07 Å². The summed E-state index contributed by atoms with van der Waals surface area (Å²) in [4.78, 5) is 32.1. The number of hydrogen-bond acceptors (Lipinski definition) is 7. The minimum atomic E-state index is -0.299. The van der Waals surface area contributed by atoms with Gasteiger partial charge < -0.3 is 23.7 Å². The van der Waals surface area contributed by atoms with Gasteiger partial charge in [0.05, 0.1) is 36.9 Å². The molecule has 182 valence electrons. The summed E-state index contributed by atoms with van der Waals surface area (Å²) in [6.07, 6.45) is 5.07. The highest BCUT2D eigenvalue weighted by atomic mass is 16.5. The van der Waals surface area contributed by atoms with Crippen LogP contribution in [0.2, 0.25) is 0 Å². The Balaban J connectivity index is 1.46. The van der Waals surface area contributed by atoms with Gasteiger partial charge in [-0.2, -0.15) is 5.10 Å². The number of ether oxygens (including phenoxy) is 3.